The van der Waals surface area contributed by atoms with Crippen molar-refractivity contribution in [1.29, 1.82) is 5.26 Å². The van der Waals surface area contributed by atoms with Gasteiger partial charge in [0.05, 0.1) is 31.2 Å². The van der Waals surface area contributed by atoms with E-state index in [0.29, 0.717) is 61.1 Å². The van der Waals surface area contributed by atoms with E-state index in [9.17, 15) is 4.79 Å². The summed E-state index contributed by atoms with van der Waals surface area (Å²) in [7, 11) is 2.42. The number of nitrogens with zero attached hydrogens (tertiary/aromatic N) is 3. The van der Waals surface area contributed by atoms with Crippen LogP contribution in [0.15, 0.2) is 42.7 Å². The Morgan fingerprint density at radius 1 is 1.18 bits per heavy atom. The Labute approximate surface area is 265 Å². The highest BCUT2D eigenvalue weighted by atomic mass is 31.0. The summed E-state index contributed by atoms with van der Waals surface area (Å²) in [5.74, 6) is -0.783. The zero-order valence-electron chi connectivity index (χ0n) is 25.5. The second-order valence-electron chi connectivity index (χ2n) is 12.1. The van der Waals surface area contributed by atoms with Crippen LogP contribution < -0.4 is 21.1 Å². The zero-order valence-corrected chi connectivity index (χ0v) is 26.6. The molecule has 1 saturated carbocycles. The van der Waals surface area contributed by atoms with E-state index in [0.717, 1.165) is 43.7 Å². The van der Waals surface area contributed by atoms with E-state index in [1.807, 2.05) is 6.07 Å². The lowest BCUT2D eigenvalue weighted by atomic mass is 9.68. The van der Waals surface area contributed by atoms with Crippen molar-refractivity contribution in [3.05, 3.63) is 65.6 Å². The zero-order chi connectivity index (χ0) is 31.9. The van der Waals surface area contributed by atoms with Crippen molar-refractivity contribution in [2.45, 2.75) is 76.4 Å². The van der Waals surface area contributed by atoms with Crippen LogP contribution in [0.2, 0.25) is 0 Å². The van der Waals surface area contributed by atoms with E-state index in [2.05, 4.69) is 37.5 Å². The number of carbonyl (C=O) groups excluding carboxylic acids is 1. The topological polar surface area (TPSA) is 123 Å². The maximum Gasteiger partial charge on any atom is 0.274 e. The smallest absolute Gasteiger partial charge is 0.274 e. The molecule has 1 aromatic carbocycles. The molecule has 3 aromatic rings. The van der Waals surface area contributed by atoms with E-state index in [4.69, 9.17) is 20.5 Å². The van der Waals surface area contributed by atoms with Crippen LogP contribution in [0.1, 0.15) is 80.3 Å². The van der Waals surface area contributed by atoms with Gasteiger partial charge < -0.3 is 20.5 Å². The minimum Gasteiger partial charge on any atom is -0.490 e. The molecule has 1 amide bonds. The fourth-order valence-electron chi connectivity index (χ4n) is 6.68. The molecule has 1 aliphatic carbocycles. The average molecular weight is 636 g/mol. The molecule has 238 valence electrons. The molecule has 0 radical (unpaired) electrons. The van der Waals surface area contributed by atoms with E-state index in [1.54, 1.807) is 18.5 Å². The average Bonchev–Trinajstić information content (AvgIpc) is 3.01. The number of nitriles is 1. The Morgan fingerprint density at radius 3 is 2.71 bits per heavy atom. The number of hydrogen-bond acceptors (Lipinski definition) is 7. The van der Waals surface area contributed by atoms with Gasteiger partial charge in [-0.25, -0.2) is 13.8 Å². The van der Waals surface area contributed by atoms with Crippen molar-refractivity contribution in [1.82, 2.24) is 9.97 Å². The Hall–Kier alpha value is -3.51. The number of amides is 1. The fraction of sp³-hybridized carbons (Fsp3) is 0.471. The standard InChI is InChI=1S/C34H40F2N5O3P/c1-20-15-21(16-28(38)24(20)5-3-2-4-11-37)25-8-12-39-19-30(25)41-34(42)29-7-6-26(35)33(40-29)32-27(36)17-23(18-31(32)45)44-22-9-13-43-14-10-22/h6-8,12,17-22,24,28H,2-5,9-10,13-16,38,45H2,1H3,(H,41,42)/t20-,21+,24-,28+/m0/s1. The quantitative estimate of drug-likeness (QED) is 0.199. The number of pyridine rings is 2. The van der Waals surface area contributed by atoms with E-state index < -0.39 is 17.5 Å². The first kappa shape index (κ1) is 32.9. The molecule has 3 N–H and O–H groups in total. The third kappa shape index (κ3) is 8.02. The van der Waals surface area contributed by atoms with Gasteiger partial charge in [0.15, 0.2) is 0 Å². The number of rotatable bonds is 10. The lowest BCUT2D eigenvalue weighted by Gasteiger charge is -2.39. The lowest BCUT2D eigenvalue weighted by Crippen LogP contribution is -2.40. The molecule has 5 atom stereocenters. The predicted molar refractivity (Wildman–Crippen MR) is 172 cm³/mol. The largest absolute Gasteiger partial charge is 0.490 e. The predicted octanol–water partition coefficient (Wildman–Crippen LogP) is 6.27. The number of nitrogens with two attached hydrogens (primary N) is 1. The van der Waals surface area contributed by atoms with Gasteiger partial charge in [0.25, 0.3) is 5.91 Å². The molecular formula is C34H40F2N5O3P. The maximum absolute atomic E-state index is 15.4. The molecule has 1 aliphatic heterocycles. The van der Waals surface area contributed by atoms with Crippen molar-refractivity contribution in [2.75, 3.05) is 18.5 Å². The summed E-state index contributed by atoms with van der Waals surface area (Å²) in [4.78, 5) is 21.9. The SMILES string of the molecule is C[C@H]1C[C@@H](c2ccncc2NC(=O)c2ccc(F)c(-c3c(F)cc(OC4CCOCC4)cc3P)n2)C[C@@H](N)[C@H]1CCCCC#N. The Balaban J connectivity index is 1.31. The van der Waals surface area contributed by atoms with Crippen LogP contribution in [-0.4, -0.2) is 41.2 Å². The first-order valence-corrected chi connectivity index (χ1v) is 16.2. The molecule has 3 heterocycles. The van der Waals surface area contributed by atoms with Gasteiger partial charge in [-0.15, -0.1) is 9.24 Å². The first-order chi connectivity index (χ1) is 21.7. The number of hydrogen-bond donors (Lipinski definition) is 2. The van der Waals surface area contributed by atoms with E-state index in [-0.39, 0.29) is 35.0 Å². The van der Waals surface area contributed by atoms with E-state index in [1.165, 1.54) is 12.1 Å². The second kappa shape index (κ2) is 15.2. The molecule has 8 nitrogen and oxygen atoms in total. The van der Waals surface area contributed by atoms with Crippen LogP contribution >= 0.6 is 9.24 Å². The number of carbonyl (C=O) groups is 1. The highest BCUT2D eigenvalue weighted by molar-refractivity contribution is 7.28. The number of ether oxygens (including phenoxy) is 2. The van der Waals surface area contributed by atoms with Gasteiger partial charge >= 0.3 is 0 Å². The molecule has 45 heavy (non-hydrogen) atoms. The fourth-order valence-corrected chi connectivity index (χ4v) is 7.12. The molecule has 5 rings (SSSR count). The van der Waals surface area contributed by atoms with Crippen LogP contribution in [0.4, 0.5) is 14.5 Å². The van der Waals surface area contributed by atoms with Gasteiger partial charge in [-0.05, 0) is 78.6 Å². The monoisotopic (exact) mass is 635 g/mol. The lowest BCUT2D eigenvalue weighted by molar-refractivity contribution is 0.0255. The summed E-state index contributed by atoms with van der Waals surface area (Å²) in [5, 5.41) is 12.1. The van der Waals surface area contributed by atoms with Crippen LogP contribution in [0.3, 0.4) is 0 Å². The number of unbranched alkanes of at least 4 members (excludes halogenated alkanes) is 2. The number of anilines is 1. The molecule has 1 saturated heterocycles. The molecule has 2 fully saturated rings. The molecule has 2 aromatic heterocycles. The van der Waals surface area contributed by atoms with E-state index >= 15 is 8.78 Å². The molecule has 11 heteroatoms. The molecule has 2 aliphatic rings. The van der Waals surface area contributed by atoms with Crippen molar-refractivity contribution < 1.29 is 23.0 Å². The van der Waals surface area contributed by atoms with Gasteiger partial charge in [-0.3, -0.25) is 9.78 Å². The number of halogens is 2. The Kier molecular flexibility index (Phi) is 11.1. The van der Waals surface area contributed by atoms with Crippen molar-refractivity contribution >= 4 is 26.1 Å². The van der Waals surface area contributed by atoms with Crippen molar-refractivity contribution in [2.24, 2.45) is 17.6 Å². The summed E-state index contributed by atoms with van der Waals surface area (Å²) in [6, 6.07) is 9.36. The third-order valence-corrected chi connectivity index (χ3v) is 9.45. The molecule has 0 bridgehead atoms. The second-order valence-corrected chi connectivity index (χ2v) is 12.7. The summed E-state index contributed by atoms with van der Waals surface area (Å²) >= 11 is 0. The maximum atomic E-state index is 15.4. The normalized spacial score (nSPS) is 22.0. The Bertz CT molecular complexity index is 1510. The number of nitrogens with one attached hydrogen (secondary N) is 1. The van der Waals surface area contributed by atoms with Gasteiger partial charge in [0, 0.05) is 43.1 Å². The van der Waals surface area contributed by atoms with Crippen LogP contribution in [0.25, 0.3) is 11.3 Å². The number of aromatic nitrogens is 2. The van der Waals surface area contributed by atoms with Crippen LogP contribution in [-0.2, 0) is 4.74 Å². The van der Waals surface area contributed by atoms with Gasteiger partial charge in [0.1, 0.15) is 34.9 Å². The highest BCUT2D eigenvalue weighted by Crippen LogP contribution is 2.43. The molecular weight excluding hydrogens is 595 g/mol. The van der Waals surface area contributed by atoms with Crippen molar-refractivity contribution in [3.8, 4) is 23.1 Å². The minimum absolute atomic E-state index is 0.00310. The summed E-state index contributed by atoms with van der Waals surface area (Å²) in [5.41, 5.74) is 7.76. The number of benzene rings is 1. The third-order valence-electron chi connectivity index (χ3n) is 8.99. The molecule has 1 unspecified atom stereocenters. The first-order valence-electron chi connectivity index (χ1n) is 15.6. The molecule has 0 spiro atoms. The highest BCUT2D eigenvalue weighted by Gasteiger charge is 2.35. The van der Waals surface area contributed by atoms with Gasteiger partial charge in [-0.2, -0.15) is 5.26 Å². The summed E-state index contributed by atoms with van der Waals surface area (Å²) in [6.45, 7) is 3.39. The van der Waals surface area contributed by atoms with Crippen LogP contribution in [0, 0.1) is 34.8 Å². The summed E-state index contributed by atoms with van der Waals surface area (Å²) in [6.07, 6.45) is 9.74. The van der Waals surface area contributed by atoms with Crippen LogP contribution in [0.5, 0.6) is 5.75 Å². The van der Waals surface area contributed by atoms with Gasteiger partial charge in [0.2, 0.25) is 0 Å². The van der Waals surface area contributed by atoms with Gasteiger partial charge in [-0.1, -0.05) is 13.3 Å². The summed E-state index contributed by atoms with van der Waals surface area (Å²) < 4.78 is 41.8. The van der Waals surface area contributed by atoms with Crippen molar-refractivity contribution in [3.63, 3.8) is 0 Å². The minimum atomic E-state index is -0.748. The Morgan fingerprint density at radius 2 is 1.98 bits per heavy atom.